The number of hydrogen-bond acceptors (Lipinski definition) is 4. The van der Waals surface area contributed by atoms with E-state index in [0.717, 1.165) is 12.5 Å². The van der Waals surface area contributed by atoms with Crippen LogP contribution in [0, 0.1) is 6.92 Å². The molecule has 1 heterocycles. The Hall–Kier alpha value is -2.37. The second-order valence-electron chi connectivity index (χ2n) is 6.69. The first-order valence-corrected chi connectivity index (χ1v) is 9.01. The zero-order valence-corrected chi connectivity index (χ0v) is 15.1. The number of benzene rings is 1. The summed E-state index contributed by atoms with van der Waals surface area (Å²) in [6.45, 7) is 3.43. The molecule has 0 spiro atoms. The Balaban J connectivity index is 1.54. The topological polar surface area (TPSA) is 75.3 Å². The molecule has 0 amide bonds. The van der Waals surface area contributed by atoms with Gasteiger partial charge in [-0.05, 0) is 25.3 Å². The van der Waals surface area contributed by atoms with Gasteiger partial charge in [-0.15, -0.1) is 0 Å². The van der Waals surface area contributed by atoms with E-state index in [9.17, 15) is 0 Å². The minimum absolute atomic E-state index is 0.211. The number of aromatic nitrogens is 2. The van der Waals surface area contributed by atoms with Gasteiger partial charge in [-0.2, -0.15) is 4.98 Å². The molecule has 0 radical (unpaired) electrons. The first-order chi connectivity index (χ1) is 12.2. The maximum atomic E-state index is 5.13. The maximum Gasteiger partial charge on any atom is 0.228 e. The van der Waals surface area contributed by atoms with Crippen molar-refractivity contribution >= 4 is 5.96 Å². The zero-order valence-electron chi connectivity index (χ0n) is 15.1. The van der Waals surface area contributed by atoms with Crippen molar-refractivity contribution in [1.29, 1.82) is 0 Å². The normalized spacial score (nSPS) is 16.8. The molecule has 1 fully saturated rings. The number of nitrogens with zero attached hydrogens (tertiary/aromatic N) is 3. The van der Waals surface area contributed by atoms with E-state index in [1.165, 1.54) is 31.2 Å². The molecular formula is C19H27N5O. The Morgan fingerprint density at radius 2 is 1.96 bits per heavy atom. The molecule has 0 bridgehead atoms. The molecule has 0 unspecified atom stereocenters. The van der Waals surface area contributed by atoms with Gasteiger partial charge in [0.25, 0.3) is 0 Å². The monoisotopic (exact) mass is 341 g/mol. The molecule has 0 atom stereocenters. The number of hydrogen-bond donors (Lipinski definition) is 2. The zero-order chi connectivity index (χ0) is 17.5. The number of rotatable bonds is 6. The predicted octanol–water partition coefficient (Wildman–Crippen LogP) is 2.60. The minimum Gasteiger partial charge on any atom is -0.356 e. The van der Waals surface area contributed by atoms with Crippen molar-refractivity contribution in [3.8, 4) is 0 Å². The van der Waals surface area contributed by atoms with Gasteiger partial charge in [-0.1, -0.05) is 48.3 Å². The SMILES string of the molecule is CN=C(NCCc1nc(C)no1)NCC1(c2ccccc2)CCCC1. The van der Waals surface area contributed by atoms with E-state index < -0.39 is 0 Å². The van der Waals surface area contributed by atoms with Crippen molar-refractivity contribution in [2.45, 2.75) is 44.4 Å². The fourth-order valence-electron chi connectivity index (χ4n) is 3.61. The molecule has 6 nitrogen and oxygen atoms in total. The van der Waals surface area contributed by atoms with Gasteiger partial charge >= 0.3 is 0 Å². The summed E-state index contributed by atoms with van der Waals surface area (Å²) < 4.78 is 5.13. The Labute approximate surface area is 149 Å². The summed E-state index contributed by atoms with van der Waals surface area (Å²) in [5.41, 5.74) is 1.64. The summed E-state index contributed by atoms with van der Waals surface area (Å²) in [5, 5.41) is 10.7. The van der Waals surface area contributed by atoms with Gasteiger partial charge in [0, 0.05) is 32.0 Å². The summed E-state index contributed by atoms with van der Waals surface area (Å²) in [6, 6.07) is 10.9. The van der Waals surface area contributed by atoms with Gasteiger partial charge in [-0.25, -0.2) is 0 Å². The smallest absolute Gasteiger partial charge is 0.228 e. The van der Waals surface area contributed by atoms with Crippen molar-refractivity contribution in [3.05, 3.63) is 47.6 Å². The van der Waals surface area contributed by atoms with Crippen LogP contribution in [0.2, 0.25) is 0 Å². The van der Waals surface area contributed by atoms with Crippen LogP contribution in [0.25, 0.3) is 0 Å². The highest BCUT2D eigenvalue weighted by atomic mass is 16.5. The third kappa shape index (κ3) is 4.38. The third-order valence-electron chi connectivity index (χ3n) is 4.97. The van der Waals surface area contributed by atoms with E-state index in [4.69, 9.17) is 4.52 Å². The predicted molar refractivity (Wildman–Crippen MR) is 98.7 cm³/mol. The first-order valence-electron chi connectivity index (χ1n) is 9.01. The van der Waals surface area contributed by atoms with Crippen molar-refractivity contribution in [2.75, 3.05) is 20.1 Å². The molecule has 1 aliphatic rings. The minimum atomic E-state index is 0.211. The highest BCUT2D eigenvalue weighted by molar-refractivity contribution is 5.79. The highest BCUT2D eigenvalue weighted by Gasteiger charge is 2.35. The highest BCUT2D eigenvalue weighted by Crippen LogP contribution is 2.40. The molecule has 6 heteroatoms. The van der Waals surface area contributed by atoms with Gasteiger partial charge < -0.3 is 15.2 Å². The quantitative estimate of drug-likeness (QED) is 0.624. The molecule has 25 heavy (non-hydrogen) atoms. The lowest BCUT2D eigenvalue weighted by Crippen LogP contribution is -2.45. The van der Waals surface area contributed by atoms with Gasteiger partial charge in [0.1, 0.15) is 0 Å². The number of aliphatic imine (C=N–C) groups is 1. The lowest BCUT2D eigenvalue weighted by Gasteiger charge is -2.30. The van der Waals surface area contributed by atoms with E-state index in [1.807, 2.05) is 6.92 Å². The fourth-order valence-corrected chi connectivity index (χ4v) is 3.61. The Bertz CT molecular complexity index is 689. The number of aryl methyl sites for hydroxylation is 1. The number of guanidine groups is 1. The average Bonchev–Trinajstić information content (AvgIpc) is 3.28. The summed E-state index contributed by atoms with van der Waals surface area (Å²) in [5.74, 6) is 2.14. The van der Waals surface area contributed by atoms with Crippen LogP contribution in [0.1, 0.15) is 43.0 Å². The molecule has 3 rings (SSSR count). The van der Waals surface area contributed by atoms with Crippen LogP contribution >= 0.6 is 0 Å². The number of nitrogens with one attached hydrogen (secondary N) is 2. The van der Waals surface area contributed by atoms with Gasteiger partial charge in [0.2, 0.25) is 5.89 Å². The molecule has 1 aromatic heterocycles. The van der Waals surface area contributed by atoms with Crippen molar-refractivity contribution in [2.24, 2.45) is 4.99 Å². The van der Waals surface area contributed by atoms with Gasteiger partial charge in [0.05, 0.1) is 0 Å². The second-order valence-corrected chi connectivity index (χ2v) is 6.69. The molecule has 2 aromatic rings. The van der Waals surface area contributed by atoms with E-state index in [-0.39, 0.29) is 5.41 Å². The molecule has 134 valence electrons. The maximum absolute atomic E-state index is 5.13. The second kappa shape index (κ2) is 8.14. The van der Waals surface area contributed by atoms with Crippen LogP contribution in [0.4, 0.5) is 0 Å². The molecule has 0 saturated heterocycles. The van der Waals surface area contributed by atoms with Crippen LogP contribution < -0.4 is 10.6 Å². The van der Waals surface area contributed by atoms with Crippen LogP contribution in [-0.2, 0) is 11.8 Å². The van der Waals surface area contributed by atoms with Crippen molar-refractivity contribution in [3.63, 3.8) is 0 Å². The molecule has 2 N–H and O–H groups in total. The fraction of sp³-hybridized carbons (Fsp3) is 0.526. The van der Waals surface area contributed by atoms with E-state index in [0.29, 0.717) is 24.7 Å². The Kier molecular flexibility index (Phi) is 5.68. The van der Waals surface area contributed by atoms with Crippen LogP contribution in [0.5, 0.6) is 0 Å². The van der Waals surface area contributed by atoms with Gasteiger partial charge in [0.15, 0.2) is 11.8 Å². The summed E-state index contributed by atoms with van der Waals surface area (Å²) in [7, 11) is 1.80. The Morgan fingerprint density at radius 1 is 1.20 bits per heavy atom. The molecule has 1 saturated carbocycles. The van der Waals surface area contributed by atoms with Gasteiger partial charge in [-0.3, -0.25) is 4.99 Å². The molecular weight excluding hydrogens is 314 g/mol. The van der Waals surface area contributed by atoms with E-state index >= 15 is 0 Å². The van der Waals surface area contributed by atoms with Crippen LogP contribution in [0.15, 0.2) is 39.8 Å². The summed E-state index contributed by atoms with van der Waals surface area (Å²) in [6.07, 6.45) is 5.72. The summed E-state index contributed by atoms with van der Waals surface area (Å²) in [4.78, 5) is 8.55. The Morgan fingerprint density at radius 3 is 2.60 bits per heavy atom. The van der Waals surface area contributed by atoms with Crippen molar-refractivity contribution < 1.29 is 4.52 Å². The molecule has 1 aromatic carbocycles. The molecule has 1 aliphatic carbocycles. The first kappa shape index (κ1) is 17.5. The molecule has 0 aliphatic heterocycles. The van der Waals surface area contributed by atoms with E-state index in [2.05, 4.69) is 56.1 Å². The average molecular weight is 341 g/mol. The lowest BCUT2D eigenvalue weighted by molar-refractivity contribution is 0.374. The van der Waals surface area contributed by atoms with Crippen LogP contribution in [-0.4, -0.2) is 36.2 Å². The van der Waals surface area contributed by atoms with Crippen LogP contribution in [0.3, 0.4) is 0 Å². The summed E-state index contributed by atoms with van der Waals surface area (Å²) >= 11 is 0. The standard InChI is InChI=1S/C19H27N5O/c1-15-23-17(25-24-15)10-13-21-18(20-2)22-14-19(11-6-7-12-19)16-8-4-3-5-9-16/h3-5,8-9H,6-7,10-14H2,1-2H3,(H2,20,21,22). The largest absolute Gasteiger partial charge is 0.356 e. The van der Waals surface area contributed by atoms with E-state index in [1.54, 1.807) is 7.05 Å². The van der Waals surface area contributed by atoms with Crippen molar-refractivity contribution in [1.82, 2.24) is 20.8 Å². The third-order valence-corrected chi connectivity index (χ3v) is 4.97. The lowest BCUT2D eigenvalue weighted by atomic mass is 9.79.